The maximum absolute atomic E-state index is 5.22. The fraction of sp³-hybridized carbons (Fsp3) is 0.0769. The van der Waals surface area contributed by atoms with E-state index in [0.29, 0.717) is 0 Å². The van der Waals surface area contributed by atoms with Crippen LogP contribution in [-0.4, -0.2) is 7.11 Å². The van der Waals surface area contributed by atoms with Gasteiger partial charge < -0.3 is 4.74 Å². The van der Waals surface area contributed by atoms with E-state index < -0.39 is 0 Å². The Labute approximate surface area is 112 Å². The molecule has 82 valence electrons. The van der Waals surface area contributed by atoms with E-state index in [1.54, 1.807) is 7.11 Å². The topological polar surface area (TPSA) is 9.23 Å². The van der Waals surface area contributed by atoms with Crippen LogP contribution in [0.3, 0.4) is 0 Å². The molecule has 0 heterocycles. The zero-order valence-electron chi connectivity index (χ0n) is 8.71. The van der Waals surface area contributed by atoms with E-state index in [4.69, 9.17) is 4.74 Å². The van der Waals surface area contributed by atoms with Gasteiger partial charge in [-0.25, -0.2) is 0 Å². The molecule has 0 aliphatic heterocycles. The second kappa shape index (κ2) is 5.02. The van der Waals surface area contributed by atoms with Gasteiger partial charge in [0.05, 0.1) is 7.11 Å². The van der Waals surface area contributed by atoms with Crippen LogP contribution in [-0.2, 0) is 0 Å². The van der Waals surface area contributed by atoms with Crippen molar-refractivity contribution in [3.8, 4) is 16.9 Å². The van der Waals surface area contributed by atoms with Crippen LogP contribution < -0.4 is 4.74 Å². The van der Waals surface area contributed by atoms with E-state index in [9.17, 15) is 0 Å². The zero-order valence-corrected chi connectivity index (χ0v) is 11.9. The molecule has 0 fully saturated rings. The molecule has 2 aromatic carbocycles. The quantitative estimate of drug-likeness (QED) is 0.755. The minimum absolute atomic E-state index is 0.865. The molecule has 0 aliphatic carbocycles. The molecule has 0 saturated heterocycles. The van der Waals surface area contributed by atoms with Crippen molar-refractivity contribution < 1.29 is 4.74 Å². The van der Waals surface area contributed by atoms with Crippen LogP contribution >= 0.6 is 31.9 Å². The third kappa shape index (κ3) is 2.47. The summed E-state index contributed by atoms with van der Waals surface area (Å²) >= 11 is 7.03. The zero-order chi connectivity index (χ0) is 11.5. The van der Waals surface area contributed by atoms with Gasteiger partial charge in [-0.2, -0.15) is 0 Å². The summed E-state index contributed by atoms with van der Waals surface area (Å²) in [5.74, 6) is 0.865. The number of rotatable bonds is 2. The molecule has 2 rings (SSSR count). The van der Waals surface area contributed by atoms with Gasteiger partial charge in [-0.3, -0.25) is 0 Å². The molecule has 0 aliphatic rings. The predicted molar refractivity (Wildman–Crippen MR) is 73.8 cm³/mol. The molecule has 0 radical (unpaired) electrons. The Balaban J connectivity index is 2.53. The summed E-state index contributed by atoms with van der Waals surface area (Å²) in [6.45, 7) is 0. The molecule has 0 spiro atoms. The van der Waals surface area contributed by atoms with Gasteiger partial charge in [0, 0.05) is 8.95 Å². The monoisotopic (exact) mass is 340 g/mol. The Morgan fingerprint density at radius 3 is 2.56 bits per heavy atom. The van der Waals surface area contributed by atoms with E-state index in [0.717, 1.165) is 25.8 Å². The van der Waals surface area contributed by atoms with E-state index in [1.807, 2.05) is 30.3 Å². The van der Waals surface area contributed by atoms with Crippen molar-refractivity contribution in [1.29, 1.82) is 0 Å². The lowest BCUT2D eigenvalue weighted by Crippen LogP contribution is -1.84. The van der Waals surface area contributed by atoms with E-state index in [2.05, 4.69) is 44.0 Å². The molecule has 0 bridgehead atoms. The van der Waals surface area contributed by atoms with Gasteiger partial charge in [0.1, 0.15) is 5.75 Å². The Morgan fingerprint density at radius 2 is 1.81 bits per heavy atom. The first-order valence-electron chi connectivity index (χ1n) is 4.80. The SMILES string of the molecule is COc1cccc(-c2cc(Br)ccc2Br)c1. The maximum Gasteiger partial charge on any atom is 0.119 e. The average Bonchev–Trinajstić information content (AvgIpc) is 2.32. The van der Waals surface area contributed by atoms with Crippen molar-refractivity contribution in [1.82, 2.24) is 0 Å². The molecule has 16 heavy (non-hydrogen) atoms. The van der Waals surface area contributed by atoms with Crippen LogP contribution in [0.5, 0.6) is 5.75 Å². The Bertz CT molecular complexity index is 509. The van der Waals surface area contributed by atoms with Crippen LogP contribution in [0.25, 0.3) is 11.1 Å². The minimum atomic E-state index is 0.865. The summed E-state index contributed by atoms with van der Waals surface area (Å²) in [6, 6.07) is 14.1. The average molecular weight is 342 g/mol. The highest BCUT2D eigenvalue weighted by Gasteiger charge is 2.04. The van der Waals surface area contributed by atoms with Crippen molar-refractivity contribution in [2.45, 2.75) is 0 Å². The molecule has 0 N–H and O–H groups in total. The summed E-state index contributed by atoms with van der Waals surface area (Å²) in [5, 5.41) is 0. The van der Waals surface area contributed by atoms with Crippen LogP contribution in [0, 0.1) is 0 Å². The number of hydrogen-bond donors (Lipinski definition) is 0. The lowest BCUT2D eigenvalue weighted by molar-refractivity contribution is 0.415. The Kier molecular flexibility index (Phi) is 3.66. The van der Waals surface area contributed by atoms with Gasteiger partial charge in [0.2, 0.25) is 0 Å². The van der Waals surface area contributed by atoms with Crippen molar-refractivity contribution in [3.05, 3.63) is 51.4 Å². The fourth-order valence-corrected chi connectivity index (χ4v) is 2.35. The smallest absolute Gasteiger partial charge is 0.119 e. The molecule has 3 heteroatoms. The van der Waals surface area contributed by atoms with Crippen molar-refractivity contribution in [2.75, 3.05) is 7.11 Å². The molecule has 0 amide bonds. The van der Waals surface area contributed by atoms with Gasteiger partial charge in [0.25, 0.3) is 0 Å². The minimum Gasteiger partial charge on any atom is -0.497 e. The normalized spacial score (nSPS) is 10.2. The van der Waals surface area contributed by atoms with Gasteiger partial charge in [0.15, 0.2) is 0 Å². The Hall–Kier alpha value is -0.800. The molecule has 0 saturated carbocycles. The first-order valence-corrected chi connectivity index (χ1v) is 6.39. The third-order valence-corrected chi connectivity index (χ3v) is 3.49. The second-order valence-electron chi connectivity index (χ2n) is 3.36. The summed E-state index contributed by atoms with van der Waals surface area (Å²) < 4.78 is 7.36. The number of hydrogen-bond acceptors (Lipinski definition) is 1. The highest BCUT2D eigenvalue weighted by Crippen LogP contribution is 2.32. The lowest BCUT2D eigenvalue weighted by Gasteiger charge is -2.07. The van der Waals surface area contributed by atoms with E-state index >= 15 is 0 Å². The molecule has 0 unspecified atom stereocenters. The molecular weight excluding hydrogens is 332 g/mol. The summed E-state index contributed by atoms with van der Waals surface area (Å²) in [6.07, 6.45) is 0. The molecule has 0 aromatic heterocycles. The standard InChI is InChI=1S/C13H10Br2O/c1-16-11-4-2-3-9(7-11)12-8-10(14)5-6-13(12)15/h2-8H,1H3. The molecule has 1 nitrogen and oxygen atoms in total. The first kappa shape index (κ1) is 11.7. The fourth-order valence-electron chi connectivity index (χ4n) is 1.51. The van der Waals surface area contributed by atoms with Crippen molar-refractivity contribution in [2.24, 2.45) is 0 Å². The van der Waals surface area contributed by atoms with Gasteiger partial charge >= 0.3 is 0 Å². The van der Waals surface area contributed by atoms with Crippen molar-refractivity contribution >= 4 is 31.9 Å². The maximum atomic E-state index is 5.22. The summed E-state index contributed by atoms with van der Waals surface area (Å²) in [4.78, 5) is 0. The molecule has 0 atom stereocenters. The second-order valence-corrected chi connectivity index (χ2v) is 5.13. The summed E-state index contributed by atoms with van der Waals surface area (Å²) in [5.41, 5.74) is 2.28. The molecule has 2 aromatic rings. The third-order valence-electron chi connectivity index (χ3n) is 2.31. The number of benzene rings is 2. The number of ether oxygens (including phenoxy) is 1. The highest BCUT2D eigenvalue weighted by atomic mass is 79.9. The largest absolute Gasteiger partial charge is 0.497 e. The van der Waals surface area contributed by atoms with Crippen LogP contribution in [0.1, 0.15) is 0 Å². The molecular formula is C13H10Br2O. The Morgan fingerprint density at radius 1 is 1.00 bits per heavy atom. The van der Waals surface area contributed by atoms with Crippen LogP contribution in [0.15, 0.2) is 51.4 Å². The van der Waals surface area contributed by atoms with Crippen molar-refractivity contribution in [3.63, 3.8) is 0 Å². The lowest BCUT2D eigenvalue weighted by atomic mass is 10.1. The van der Waals surface area contributed by atoms with Gasteiger partial charge in [-0.05, 0) is 41.5 Å². The first-order chi connectivity index (χ1) is 7.70. The number of methoxy groups -OCH3 is 1. The van der Waals surface area contributed by atoms with E-state index in [-0.39, 0.29) is 0 Å². The predicted octanol–water partition coefficient (Wildman–Crippen LogP) is 4.89. The van der Waals surface area contributed by atoms with Crippen LogP contribution in [0.4, 0.5) is 0 Å². The number of halogens is 2. The van der Waals surface area contributed by atoms with Gasteiger partial charge in [-0.15, -0.1) is 0 Å². The van der Waals surface area contributed by atoms with E-state index in [1.165, 1.54) is 0 Å². The van der Waals surface area contributed by atoms with Crippen LogP contribution in [0.2, 0.25) is 0 Å². The van der Waals surface area contributed by atoms with Gasteiger partial charge in [-0.1, -0.05) is 44.0 Å². The highest BCUT2D eigenvalue weighted by molar-refractivity contribution is 9.11. The summed E-state index contributed by atoms with van der Waals surface area (Å²) in [7, 11) is 1.68.